The molecule has 0 amide bonds. The topological polar surface area (TPSA) is 71.5 Å². The highest BCUT2D eigenvalue weighted by atomic mass is 32.2. The standard InChI is InChI=1S/C24H31N3O3S2/c1-5-27(6-2)32(28,29)24-13-9-21(10-14-24)18(3)25-15-20-7-11-23(12-8-20)30-16-22-17-31-19(4)26-22/h7-14,17-18,25H,5-6,15-16H2,1-4H3. The molecule has 1 heterocycles. The largest absolute Gasteiger partial charge is 0.487 e. The summed E-state index contributed by atoms with van der Waals surface area (Å²) >= 11 is 1.62. The summed E-state index contributed by atoms with van der Waals surface area (Å²) < 4.78 is 32.5. The van der Waals surface area contributed by atoms with Crippen LogP contribution in [-0.2, 0) is 23.2 Å². The molecule has 0 fully saturated rings. The van der Waals surface area contributed by atoms with E-state index in [0.717, 1.165) is 27.6 Å². The van der Waals surface area contributed by atoms with Gasteiger partial charge in [-0.3, -0.25) is 0 Å². The van der Waals surface area contributed by atoms with Crippen molar-refractivity contribution in [2.45, 2.75) is 51.8 Å². The van der Waals surface area contributed by atoms with Gasteiger partial charge in [-0.05, 0) is 49.2 Å². The van der Waals surface area contributed by atoms with Gasteiger partial charge in [0.05, 0.1) is 15.6 Å². The predicted molar refractivity (Wildman–Crippen MR) is 129 cm³/mol. The number of sulfonamides is 1. The molecule has 3 aromatic rings. The zero-order valence-electron chi connectivity index (χ0n) is 19.0. The second-order valence-electron chi connectivity index (χ2n) is 7.55. The number of nitrogens with zero attached hydrogens (tertiary/aromatic N) is 2. The number of aryl methyl sites for hydroxylation is 1. The summed E-state index contributed by atoms with van der Waals surface area (Å²) in [7, 11) is -3.43. The lowest BCUT2D eigenvalue weighted by Gasteiger charge is -2.19. The van der Waals surface area contributed by atoms with Crippen LogP contribution in [0.4, 0.5) is 0 Å². The van der Waals surface area contributed by atoms with Crippen molar-refractivity contribution in [3.8, 4) is 5.75 Å². The number of hydrogen-bond acceptors (Lipinski definition) is 6. The maximum Gasteiger partial charge on any atom is 0.243 e. The van der Waals surface area contributed by atoms with Gasteiger partial charge in [0.25, 0.3) is 0 Å². The summed E-state index contributed by atoms with van der Waals surface area (Å²) in [5, 5.41) is 6.54. The van der Waals surface area contributed by atoms with E-state index in [4.69, 9.17) is 4.74 Å². The number of aromatic nitrogens is 1. The Bertz CT molecular complexity index is 1090. The van der Waals surface area contributed by atoms with Crippen LogP contribution in [0.2, 0.25) is 0 Å². The fourth-order valence-electron chi connectivity index (χ4n) is 3.37. The van der Waals surface area contributed by atoms with Crippen LogP contribution in [0.15, 0.2) is 58.8 Å². The Kier molecular flexibility index (Phi) is 8.42. The molecule has 32 heavy (non-hydrogen) atoms. The molecule has 6 nitrogen and oxygen atoms in total. The Morgan fingerprint density at radius 3 is 2.28 bits per heavy atom. The number of benzene rings is 2. The second kappa shape index (κ2) is 11.0. The summed E-state index contributed by atoms with van der Waals surface area (Å²) in [5.41, 5.74) is 3.14. The molecule has 0 saturated carbocycles. The molecule has 3 rings (SSSR count). The first-order chi connectivity index (χ1) is 15.3. The Morgan fingerprint density at radius 2 is 1.72 bits per heavy atom. The van der Waals surface area contributed by atoms with E-state index in [-0.39, 0.29) is 6.04 Å². The number of ether oxygens (including phenoxy) is 1. The minimum atomic E-state index is -3.43. The third-order valence-corrected chi connectivity index (χ3v) is 8.20. The number of nitrogens with one attached hydrogen (secondary N) is 1. The Hall–Kier alpha value is -2.26. The van der Waals surface area contributed by atoms with E-state index in [2.05, 4.69) is 17.2 Å². The Labute approximate surface area is 195 Å². The van der Waals surface area contributed by atoms with E-state index >= 15 is 0 Å². The molecule has 0 aliphatic carbocycles. The van der Waals surface area contributed by atoms with Crippen LogP contribution in [-0.4, -0.2) is 30.8 Å². The smallest absolute Gasteiger partial charge is 0.243 e. The zero-order valence-corrected chi connectivity index (χ0v) is 20.7. The van der Waals surface area contributed by atoms with E-state index < -0.39 is 10.0 Å². The first-order valence-corrected chi connectivity index (χ1v) is 13.1. The van der Waals surface area contributed by atoms with E-state index in [1.807, 2.05) is 62.5 Å². The van der Waals surface area contributed by atoms with Crippen LogP contribution < -0.4 is 10.1 Å². The van der Waals surface area contributed by atoms with Crippen LogP contribution in [0.25, 0.3) is 0 Å². The SMILES string of the molecule is CCN(CC)S(=O)(=O)c1ccc(C(C)NCc2ccc(OCc3csc(C)n3)cc2)cc1. The highest BCUT2D eigenvalue weighted by Crippen LogP contribution is 2.20. The van der Waals surface area contributed by atoms with Crippen LogP contribution in [0.5, 0.6) is 5.75 Å². The molecule has 1 atom stereocenters. The third kappa shape index (κ3) is 6.16. The average molecular weight is 474 g/mol. The summed E-state index contributed by atoms with van der Waals surface area (Å²) in [5.74, 6) is 0.817. The van der Waals surface area contributed by atoms with Crippen molar-refractivity contribution in [1.29, 1.82) is 0 Å². The molecule has 1 aromatic heterocycles. The zero-order chi connectivity index (χ0) is 23.1. The summed E-state index contributed by atoms with van der Waals surface area (Å²) in [6.45, 7) is 9.86. The van der Waals surface area contributed by atoms with Gasteiger partial charge >= 0.3 is 0 Å². The first kappa shape index (κ1) is 24.4. The summed E-state index contributed by atoms with van der Waals surface area (Å²) in [6, 6.07) is 15.2. The lowest BCUT2D eigenvalue weighted by molar-refractivity contribution is 0.302. The minimum Gasteiger partial charge on any atom is -0.487 e. The second-order valence-corrected chi connectivity index (χ2v) is 10.6. The minimum absolute atomic E-state index is 0.0871. The molecule has 0 spiro atoms. The van der Waals surface area contributed by atoms with Gasteiger partial charge in [-0.25, -0.2) is 13.4 Å². The fourth-order valence-corrected chi connectivity index (χ4v) is 5.42. The molecule has 0 aliphatic heterocycles. The van der Waals surface area contributed by atoms with Gasteiger partial charge in [0.2, 0.25) is 10.0 Å². The normalized spacial score (nSPS) is 12.8. The lowest BCUT2D eigenvalue weighted by atomic mass is 10.1. The van der Waals surface area contributed by atoms with Crippen LogP contribution in [0, 0.1) is 6.92 Å². The summed E-state index contributed by atoms with van der Waals surface area (Å²) in [4.78, 5) is 4.74. The van der Waals surface area contributed by atoms with E-state index in [0.29, 0.717) is 31.1 Å². The molecule has 0 bridgehead atoms. The number of thiazole rings is 1. The molecule has 8 heteroatoms. The molecular formula is C24H31N3O3S2. The molecule has 0 radical (unpaired) electrons. The van der Waals surface area contributed by atoms with Crippen molar-refractivity contribution >= 4 is 21.4 Å². The maximum absolute atomic E-state index is 12.6. The van der Waals surface area contributed by atoms with Crippen molar-refractivity contribution in [1.82, 2.24) is 14.6 Å². The monoisotopic (exact) mass is 473 g/mol. The van der Waals surface area contributed by atoms with Gasteiger partial charge in [-0.1, -0.05) is 38.1 Å². The first-order valence-electron chi connectivity index (χ1n) is 10.8. The predicted octanol–water partition coefficient (Wildman–Crippen LogP) is 4.91. The Balaban J connectivity index is 1.53. The van der Waals surface area contributed by atoms with Crippen molar-refractivity contribution in [3.63, 3.8) is 0 Å². The molecular weight excluding hydrogens is 442 g/mol. The van der Waals surface area contributed by atoms with E-state index in [1.165, 1.54) is 4.31 Å². The average Bonchev–Trinajstić information content (AvgIpc) is 3.22. The number of rotatable bonds is 11. The van der Waals surface area contributed by atoms with Gasteiger partial charge in [0, 0.05) is 31.1 Å². The third-order valence-electron chi connectivity index (χ3n) is 5.31. The van der Waals surface area contributed by atoms with Crippen LogP contribution >= 0.6 is 11.3 Å². The van der Waals surface area contributed by atoms with Gasteiger partial charge in [0.1, 0.15) is 12.4 Å². The lowest BCUT2D eigenvalue weighted by Crippen LogP contribution is -2.30. The van der Waals surface area contributed by atoms with E-state index in [1.54, 1.807) is 23.5 Å². The highest BCUT2D eigenvalue weighted by Gasteiger charge is 2.21. The van der Waals surface area contributed by atoms with Crippen molar-refractivity contribution in [3.05, 3.63) is 75.7 Å². The van der Waals surface area contributed by atoms with Crippen LogP contribution in [0.1, 0.15) is 48.6 Å². The van der Waals surface area contributed by atoms with Gasteiger partial charge in [-0.2, -0.15) is 4.31 Å². The number of hydrogen-bond donors (Lipinski definition) is 1. The van der Waals surface area contributed by atoms with Crippen molar-refractivity contribution in [2.24, 2.45) is 0 Å². The molecule has 2 aromatic carbocycles. The molecule has 172 valence electrons. The Morgan fingerprint density at radius 1 is 1.06 bits per heavy atom. The molecule has 0 aliphatic rings. The van der Waals surface area contributed by atoms with Crippen molar-refractivity contribution in [2.75, 3.05) is 13.1 Å². The molecule has 1 N–H and O–H groups in total. The highest BCUT2D eigenvalue weighted by molar-refractivity contribution is 7.89. The van der Waals surface area contributed by atoms with Gasteiger partial charge in [-0.15, -0.1) is 11.3 Å². The quantitative estimate of drug-likeness (QED) is 0.428. The van der Waals surface area contributed by atoms with Gasteiger partial charge < -0.3 is 10.1 Å². The van der Waals surface area contributed by atoms with Crippen LogP contribution in [0.3, 0.4) is 0 Å². The van der Waals surface area contributed by atoms with Crippen molar-refractivity contribution < 1.29 is 13.2 Å². The molecule has 1 unspecified atom stereocenters. The maximum atomic E-state index is 12.6. The summed E-state index contributed by atoms with van der Waals surface area (Å²) in [6.07, 6.45) is 0. The molecule has 0 saturated heterocycles. The van der Waals surface area contributed by atoms with E-state index in [9.17, 15) is 8.42 Å². The fraction of sp³-hybridized carbons (Fsp3) is 0.375. The van der Waals surface area contributed by atoms with Gasteiger partial charge in [0.15, 0.2) is 0 Å².